The summed E-state index contributed by atoms with van der Waals surface area (Å²) in [5.41, 5.74) is 2.60. The number of fused-ring (bicyclic) bond motifs is 1. The molecule has 0 saturated carbocycles. The van der Waals surface area contributed by atoms with Crippen LogP contribution in [0, 0.1) is 0 Å². The van der Waals surface area contributed by atoms with E-state index in [1.807, 2.05) is 37.3 Å². The lowest BCUT2D eigenvalue weighted by atomic mass is 9.89. The largest absolute Gasteiger partial charge is 0.506 e. The number of rotatable bonds is 8. The van der Waals surface area contributed by atoms with Gasteiger partial charge in [0.2, 0.25) is 0 Å². The molecule has 3 nitrogen and oxygen atoms in total. The molecule has 0 radical (unpaired) electrons. The standard InChI is InChI=1S/C26H25NO2S/c1-2-29-21-13-14-24-23(17-21)26(28)25(30-24)18-27-16-15-22(19-9-5-3-6-10-19)20-11-7-4-8-12-20/h3-14,17-18,22,28H,2,15-16H2,1H3. The fourth-order valence-corrected chi connectivity index (χ4v) is 4.65. The number of nitrogens with zero attached hydrogens (tertiary/aromatic N) is 1. The summed E-state index contributed by atoms with van der Waals surface area (Å²) in [4.78, 5) is 5.43. The highest BCUT2D eigenvalue weighted by molar-refractivity contribution is 7.21. The van der Waals surface area contributed by atoms with Crippen LogP contribution in [-0.4, -0.2) is 24.5 Å². The monoisotopic (exact) mass is 415 g/mol. The van der Waals surface area contributed by atoms with Gasteiger partial charge in [-0.3, -0.25) is 4.99 Å². The summed E-state index contributed by atoms with van der Waals surface area (Å²) in [5.74, 6) is 1.35. The Morgan fingerprint density at radius 2 is 1.63 bits per heavy atom. The molecule has 0 spiro atoms. The predicted molar refractivity (Wildman–Crippen MR) is 126 cm³/mol. The first-order valence-electron chi connectivity index (χ1n) is 10.2. The first-order valence-corrected chi connectivity index (χ1v) is 11.1. The summed E-state index contributed by atoms with van der Waals surface area (Å²) in [6.07, 6.45) is 2.71. The van der Waals surface area contributed by atoms with E-state index in [-0.39, 0.29) is 5.75 Å². The van der Waals surface area contributed by atoms with E-state index >= 15 is 0 Å². The van der Waals surface area contributed by atoms with E-state index in [1.165, 1.54) is 11.1 Å². The predicted octanol–water partition coefficient (Wildman–Crippen LogP) is 6.65. The lowest BCUT2D eigenvalue weighted by Gasteiger charge is -2.17. The van der Waals surface area contributed by atoms with Crippen molar-refractivity contribution in [3.63, 3.8) is 0 Å². The van der Waals surface area contributed by atoms with Crippen molar-refractivity contribution in [1.82, 2.24) is 0 Å². The zero-order valence-electron chi connectivity index (χ0n) is 17.0. The van der Waals surface area contributed by atoms with Crippen molar-refractivity contribution in [3.05, 3.63) is 94.9 Å². The number of hydrogen-bond acceptors (Lipinski definition) is 4. The van der Waals surface area contributed by atoms with Gasteiger partial charge in [0.1, 0.15) is 11.5 Å². The molecule has 4 aromatic rings. The Balaban J connectivity index is 1.50. The smallest absolute Gasteiger partial charge is 0.143 e. The fraction of sp³-hybridized carbons (Fsp3) is 0.192. The summed E-state index contributed by atoms with van der Waals surface area (Å²) in [6.45, 7) is 3.25. The van der Waals surface area contributed by atoms with E-state index < -0.39 is 0 Å². The molecule has 0 aliphatic heterocycles. The van der Waals surface area contributed by atoms with Crippen molar-refractivity contribution in [3.8, 4) is 11.5 Å². The highest BCUT2D eigenvalue weighted by Gasteiger charge is 2.14. The van der Waals surface area contributed by atoms with Crippen LogP contribution < -0.4 is 4.74 Å². The van der Waals surface area contributed by atoms with Gasteiger partial charge in [-0.25, -0.2) is 0 Å². The van der Waals surface area contributed by atoms with E-state index in [4.69, 9.17) is 4.74 Å². The van der Waals surface area contributed by atoms with E-state index in [2.05, 4.69) is 53.5 Å². The maximum absolute atomic E-state index is 10.6. The second kappa shape index (κ2) is 9.59. The SMILES string of the molecule is CCOc1ccc2sc(C=NCCC(c3ccccc3)c3ccccc3)c(O)c2c1. The highest BCUT2D eigenvalue weighted by atomic mass is 32.1. The lowest BCUT2D eigenvalue weighted by molar-refractivity contribution is 0.340. The molecule has 1 N–H and O–H groups in total. The molecule has 1 heterocycles. The topological polar surface area (TPSA) is 41.8 Å². The molecule has 0 unspecified atom stereocenters. The fourth-order valence-electron chi connectivity index (χ4n) is 3.67. The minimum Gasteiger partial charge on any atom is -0.506 e. The molecule has 4 heteroatoms. The van der Waals surface area contributed by atoms with Gasteiger partial charge in [0.25, 0.3) is 0 Å². The Morgan fingerprint density at radius 1 is 0.967 bits per heavy atom. The summed E-state index contributed by atoms with van der Waals surface area (Å²) >= 11 is 1.55. The molecule has 0 aliphatic carbocycles. The van der Waals surface area contributed by atoms with Crippen molar-refractivity contribution in [2.45, 2.75) is 19.3 Å². The number of ether oxygens (including phenoxy) is 1. The zero-order valence-corrected chi connectivity index (χ0v) is 17.8. The van der Waals surface area contributed by atoms with E-state index in [0.29, 0.717) is 19.1 Å². The number of hydrogen-bond donors (Lipinski definition) is 1. The molecule has 0 bridgehead atoms. The Kier molecular flexibility index (Phi) is 6.45. The molecule has 0 saturated heterocycles. The minimum atomic E-state index is 0.281. The summed E-state index contributed by atoms with van der Waals surface area (Å²) < 4.78 is 6.58. The summed E-state index contributed by atoms with van der Waals surface area (Å²) in [5, 5.41) is 11.4. The third-order valence-electron chi connectivity index (χ3n) is 5.13. The molecule has 4 rings (SSSR count). The number of aromatic hydroxyl groups is 1. The zero-order chi connectivity index (χ0) is 20.8. The van der Waals surface area contributed by atoms with Crippen molar-refractivity contribution in [1.29, 1.82) is 0 Å². The van der Waals surface area contributed by atoms with Crippen LogP contribution in [0.25, 0.3) is 10.1 Å². The third-order valence-corrected chi connectivity index (χ3v) is 6.22. The van der Waals surface area contributed by atoms with Crippen molar-refractivity contribution < 1.29 is 9.84 Å². The van der Waals surface area contributed by atoms with Gasteiger partial charge in [0.15, 0.2) is 0 Å². The van der Waals surface area contributed by atoms with Crippen LogP contribution in [0.4, 0.5) is 0 Å². The van der Waals surface area contributed by atoms with Gasteiger partial charge in [-0.2, -0.15) is 0 Å². The van der Waals surface area contributed by atoms with Crippen LogP contribution in [0.1, 0.15) is 35.3 Å². The van der Waals surface area contributed by atoms with Gasteiger partial charge < -0.3 is 9.84 Å². The van der Waals surface area contributed by atoms with E-state index in [0.717, 1.165) is 27.1 Å². The van der Waals surface area contributed by atoms with Crippen LogP contribution in [0.3, 0.4) is 0 Å². The van der Waals surface area contributed by atoms with Crippen molar-refractivity contribution >= 4 is 27.6 Å². The Morgan fingerprint density at radius 3 is 2.27 bits per heavy atom. The molecule has 0 aliphatic rings. The first kappa shape index (κ1) is 20.2. The molecule has 152 valence electrons. The Labute approximate surface area is 181 Å². The second-order valence-electron chi connectivity index (χ2n) is 7.10. The maximum Gasteiger partial charge on any atom is 0.143 e. The van der Waals surface area contributed by atoms with Crippen LogP contribution in [-0.2, 0) is 0 Å². The molecule has 0 fully saturated rings. The number of thiophene rings is 1. The molecular weight excluding hydrogens is 390 g/mol. The van der Waals surface area contributed by atoms with Crippen molar-refractivity contribution in [2.24, 2.45) is 4.99 Å². The molecule has 0 amide bonds. The molecule has 30 heavy (non-hydrogen) atoms. The molecule has 1 aromatic heterocycles. The second-order valence-corrected chi connectivity index (χ2v) is 8.19. The quantitative estimate of drug-likeness (QED) is 0.327. The van der Waals surface area contributed by atoms with Gasteiger partial charge in [-0.15, -0.1) is 11.3 Å². The maximum atomic E-state index is 10.6. The van der Waals surface area contributed by atoms with E-state index in [9.17, 15) is 5.11 Å². The van der Waals surface area contributed by atoms with Crippen LogP contribution >= 0.6 is 11.3 Å². The summed E-state index contributed by atoms with van der Waals surface area (Å²) in [7, 11) is 0. The number of benzene rings is 3. The minimum absolute atomic E-state index is 0.281. The number of aliphatic imine (C=N–C) groups is 1. The van der Waals surface area contributed by atoms with Gasteiger partial charge in [0.05, 0.1) is 11.5 Å². The molecular formula is C26H25NO2S. The Bertz CT molecular complexity index is 1080. The summed E-state index contributed by atoms with van der Waals surface area (Å²) in [6, 6.07) is 26.9. The third kappa shape index (κ3) is 4.55. The normalized spacial score (nSPS) is 11.5. The average Bonchev–Trinajstić information content (AvgIpc) is 3.10. The Hall–Kier alpha value is -3.11. The lowest BCUT2D eigenvalue weighted by Crippen LogP contribution is -2.03. The van der Waals surface area contributed by atoms with Gasteiger partial charge in [-0.05, 0) is 42.7 Å². The van der Waals surface area contributed by atoms with Gasteiger partial charge in [0, 0.05) is 28.8 Å². The van der Waals surface area contributed by atoms with Gasteiger partial charge >= 0.3 is 0 Å². The first-order chi connectivity index (χ1) is 14.8. The van der Waals surface area contributed by atoms with Crippen LogP contribution in [0.15, 0.2) is 83.9 Å². The van der Waals surface area contributed by atoms with E-state index in [1.54, 1.807) is 17.6 Å². The van der Waals surface area contributed by atoms with Gasteiger partial charge in [-0.1, -0.05) is 60.7 Å². The average molecular weight is 416 g/mol. The van der Waals surface area contributed by atoms with Crippen LogP contribution in [0.5, 0.6) is 11.5 Å². The van der Waals surface area contributed by atoms with Crippen molar-refractivity contribution in [2.75, 3.05) is 13.2 Å². The molecule has 3 aromatic carbocycles. The molecule has 0 atom stereocenters. The highest BCUT2D eigenvalue weighted by Crippen LogP contribution is 2.38. The van der Waals surface area contributed by atoms with Crippen LogP contribution in [0.2, 0.25) is 0 Å².